The Morgan fingerprint density at radius 2 is 1.62 bits per heavy atom. The third-order valence-electron chi connectivity index (χ3n) is 5.99. The summed E-state index contributed by atoms with van der Waals surface area (Å²) in [6.07, 6.45) is 4.20. The molecule has 0 amide bonds. The Kier molecular flexibility index (Phi) is 4.49. The Morgan fingerprint density at radius 1 is 1.06 bits per heavy atom. The monoisotopic (exact) mass is 224 g/mol. The fraction of sp³-hybridized carbons (Fsp3) is 1.00. The van der Waals surface area contributed by atoms with Gasteiger partial charge in [-0.1, -0.05) is 54.9 Å². The summed E-state index contributed by atoms with van der Waals surface area (Å²) in [5.41, 5.74) is 0.696. The SMILES string of the molecule is CCC(C)C(C)C(C)C1CC1(CC)C(C)C. The van der Waals surface area contributed by atoms with E-state index in [4.69, 9.17) is 0 Å². The van der Waals surface area contributed by atoms with Gasteiger partial charge in [-0.15, -0.1) is 0 Å². The van der Waals surface area contributed by atoms with Gasteiger partial charge in [0.25, 0.3) is 0 Å². The molecule has 0 N–H and O–H groups in total. The van der Waals surface area contributed by atoms with E-state index in [0.29, 0.717) is 5.41 Å². The molecule has 1 rings (SSSR count). The molecule has 96 valence electrons. The molecular formula is C16H32. The second-order valence-electron chi connectivity index (χ2n) is 6.66. The predicted molar refractivity (Wildman–Crippen MR) is 73.5 cm³/mol. The molecule has 1 aliphatic carbocycles. The molecule has 0 nitrogen and oxygen atoms in total. The predicted octanol–water partition coefficient (Wildman–Crippen LogP) is 5.38. The lowest BCUT2D eigenvalue weighted by Crippen LogP contribution is -2.22. The summed E-state index contributed by atoms with van der Waals surface area (Å²) in [5.74, 6) is 4.56. The molecule has 0 spiro atoms. The molecular weight excluding hydrogens is 192 g/mol. The maximum absolute atomic E-state index is 2.50. The quantitative estimate of drug-likeness (QED) is 0.568. The van der Waals surface area contributed by atoms with Gasteiger partial charge in [0.05, 0.1) is 0 Å². The van der Waals surface area contributed by atoms with Crippen molar-refractivity contribution in [2.45, 2.75) is 67.7 Å². The van der Waals surface area contributed by atoms with E-state index in [0.717, 1.165) is 29.6 Å². The van der Waals surface area contributed by atoms with Gasteiger partial charge in [-0.2, -0.15) is 0 Å². The molecule has 0 heterocycles. The molecule has 5 unspecified atom stereocenters. The van der Waals surface area contributed by atoms with E-state index in [1.54, 1.807) is 0 Å². The molecule has 0 heteroatoms. The first-order valence-electron chi connectivity index (χ1n) is 7.40. The van der Waals surface area contributed by atoms with Crippen molar-refractivity contribution in [1.82, 2.24) is 0 Å². The summed E-state index contributed by atoms with van der Waals surface area (Å²) in [6.45, 7) is 17.0. The molecule has 0 bridgehead atoms. The van der Waals surface area contributed by atoms with Crippen LogP contribution in [-0.2, 0) is 0 Å². The third kappa shape index (κ3) is 2.31. The second kappa shape index (κ2) is 5.10. The minimum atomic E-state index is 0.696. The van der Waals surface area contributed by atoms with E-state index in [9.17, 15) is 0 Å². The summed E-state index contributed by atoms with van der Waals surface area (Å²) in [7, 11) is 0. The lowest BCUT2D eigenvalue weighted by Gasteiger charge is -2.29. The summed E-state index contributed by atoms with van der Waals surface area (Å²) in [4.78, 5) is 0. The van der Waals surface area contributed by atoms with Gasteiger partial charge in [-0.3, -0.25) is 0 Å². The van der Waals surface area contributed by atoms with Crippen LogP contribution in [0.25, 0.3) is 0 Å². The molecule has 0 aromatic heterocycles. The Hall–Kier alpha value is 0. The van der Waals surface area contributed by atoms with Crippen LogP contribution in [0, 0.1) is 35.0 Å². The van der Waals surface area contributed by atoms with Crippen LogP contribution in [0.2, 0.25) is 0 Å². The molecule has 0 aromatic carbocycles. The average Bonchev–Trinajstić information content (AvgIpc) is 3.01. The van der Waals surface area contributed by atoms with Crippen molar-refractivity contribution < 1.29 is 0 Å². The van der Waals surface area contributed by atoms with Crippen molar-refractivity contribution >= 4 is 0 Å². The van der Waals surface area contributed by atoms with Crippen LogP contribution in [0.1, 0.15) is 67.7 Å². The largest absolute Gasteiger partial charge is 0.0651 e. The zero-order valence-electron chi connectivity index (χ0n) is 12.5. The van der Waals surface area contributed by atoms with Gasteiger partial charge in [0.1, 0.15) is 0 Å². The molecule has 0 radical (unpaired) electrons. The van der Waals surface area contributed by atoms with Gasteiger partial charge in [0.15, 0.2) is 0 Å². The number of rotatable bonds is 6. The lowest BCUT2D eigenvalue weighted by atomic mass is 9.76. The molecule has 5 atom stereocenters. The lowest BCUT2D eigenvalue weighted by molar-refractivity contribution is 0.196. The van der Waals surface area contributed by atoms with Crippen molar-refractivity contribution in [3.8, 4) is 0 Å². The van der Waals surface area contributed by atoms with Gasteiger partial charge in [0, 0.05) is 0 Å². The zero-order valence-corrected chi connectivity index (χ0v) is 12.5. The first-order chi connectivity index (χ1) is 7.40. The first-order valence-corrected chi connectivity index (χ1v) is 7.40. The Bertz CT molecular complexity index is 218. The highest BCUT2D eigenvalue weighted by atomic mass is 14.6. The highest BCUT2D eigenvalue weighted by Crippen LogP contribution is 2.64. The number of hydrogen-bond acceptors (Lipinski definition) is 0. The summed E-state index contributed by atoms with van der Waals surface area (Å²) in [5, 5.41) is 0. The maximum Gasteiger partial charge on any atom is -0.0243 e. The van der Waals surface area contributed by atoms with Crippen LogP contribution in [0.15, 0.2) is 0 Å². The maximum atomic E-state index is 2.50. The van der Waals surface area contributed by atoms with E-state index in [-0.39, 0.29) is 0 Å². The first kappa shape index (κ1) is 14.1. The van der Waals surface area contributed by atoms with Gasteiger partial charge in [0.2, 0.25) is 0 Å². The van der Waals surface area contributed by atoms with Crippen molar-refractivity contribution in [1.29, 1.82) is 0 Å². The van der Waals surface area contributed by atoms with Gasteiger partial charge >= 0.3 is 0 Å². The van der Waals surface area contributed by atoms with Gasteiger partial charge < -0.3 is 0 Å². The minimum absolute atomic E-state index is 0.696. The number of hydrogen-bond donors (Lipinski definition) is 0. The second-order valence-corrected chi connectivity index (χ2v) is 6.66. The molecule has 0 saturated heterocycles. The summed E-state index contributed by atoms with van der Waals surface area (Å²) < 4.78 is 0. The zero-order chi connectivity index (χ0) is 12.5. The van der Waals surface area contributed by atoms with Crippen molar-refractivity contribution in [3.63, 3.8) is 0 Å². The standard InChI is InChI=1S/C16H32/c1-8-12(5)13(6)14(7)15-10-16(15,9-2)11(3)4/h11-15H,8-10H2,1-7H3. The molecule has 0 aliphatic heterocycles. The van der Waals surface area contributed by atoms with Crippen molar-refractivity contribution in [2.75, 3.05) is 0 Å². The van der Waals surface area contributed by atoms with E-state index in [1.165, 1.54) is 19.3 Å². The van der Waals surface area contributed by atoms with Crippen molar-refractivity contribution in [2.24, 2.45) is 35.0 Å². The van der Waals surface area contributed by atoms with E-state index in [2.05, 4.69) is 48.5 Å². The molecule has 1 aliphatic rings. The summed E-state index contributed by atoms with van der Waals surface area (Å²) in [6, 6.07) is 0. The smallest absolute Gasteiger partial charge is 0.0243 e. The molecule has 0 aromatic rings. The molecule has 16 heavy (non-hydrogen) atoms. The summed E-state index contributed by atoms with van der Waals surface area (Å²) >= 11 is 0. The Morgan fingerprint density at radius 3 is 1.94 bits per heavy atom. The Labute approximate surface area is 103 Å². The molecule has 1 fully saturated rings. The van der Waals surface area contributed by atoms with Crippen LogP contribution in [0.4, 0.5) is 0 Å². The van der Waals surface area contributed by atoms with Crippen LogP contribution in [-0.4, -0.2) is 0 Å². The average molecular weight is 224 g/mol. The van der Waals surface area contributed by atoms with E-state index in [1.807, 2.05) is 0 Å². The van der Waals surface area contributed by atoms with E-state index >= 15 is 0 Å². The van der Waals surface area contributed by atoms with Crippen LogP contribution >= 0.6 is 0 Å². The van der Waals surface area contributed by atoms with E-state index < -0.39 is 0 Å². The topological polar surface area (TPSA) is 0 Å². The van der Waals surface area contributed by atoms with Crippen LogP contribution in [0.3, 0.4) is 0 Å². The van der Waals surface area contributed by atoms with Crippen LogP contribution in [0.5, 0.6) is 0 Å². The fourth-order valence-electron chi connectivity index (χ4n) is 3.80. The van der Waals surface area contributed by atoms with Crippen molar-refractivity contribution in [3.05, 3.63) is 0 Å². The minimum Gasteiger partial charge on any atom is -0.0651 e. The normalized spacial score (nSPS) is 34.9. The fourth-order valence-corrected chi connectivity index (χ4v) is 3.80. The van der Waals surface area contributed by atoms with Gasteiger partial charge in [-0.25, -0.2) is 0 Å². The van der Waals surface area contributed by atoms with Gasteiger partial charge in [-0.05, 0) is 47.8 Å². The highest BCUT2D eigenvalue weighted by Gasteiger charge is 2.57. The molecule has 1 saturated carbocycles. The highest BCUT2D eigenvalue weighted by molar-refractivity contribution is 5.05. The third-order valence-corrected chi connectivity index (χ3v) is 5.99. The Balaban J connectivity index is 2.61. The van der Waals surface area contributed by atoms with Crippen LogP contribution < -0.4 is 0 Å².